The van der Waals surface area contributed by atoms with Crippen LogP contribution in [-0.2, 0) is 0 Å². The molecule has 4 saturated carbocycles. The van der Waals surface area contributed by atoms with Gasteiger partial charge in [0.25, 0.3) is 5.56 Å². The Balaban J connectivity index is 1.48. The second-order valence-corrected chi connectivity index (χ2v) is 9.11. The number of benzene rings is 1. The number of aromatic amines is 1. The number of hydrogen-bond donors (Lipinski definition) is 1. The third-order valence-electron chi connectivity index (χ3n) is 6.66. The molecule has 1 aromatic heterocycles. The molecule has 0 amide bonds. The fraction of sp³-hybridized carbons (Fsp3) is 0.524. The smallest absolute Gasteiger partial charge is 0.280 e. The Kier molecular flexibility index (Phi) is 3.68. The minimum atomic E-state index is -0.0572. The molecule has 136 valence electrons. The van der Waals surface area contributed by atoms with E-state index in [1.807, 2.05) is 25.3 Å². The van der Waals surface area contributed by atoms with Crippen LogP contribution in [0.1, 0.15) is 49.8 Å². The molecule has 4 aliphatic carbocycles. The Morgan fingerprint density at radius 3 is 2.46 bits per heavy atom. The number of H-pyrrole nitrogens is 1. The zero-order valence-electron chi connectivity index (χ0n) is 15.0. The lowest BCUT2D eigenvalue weighted by atomic mass is 9.53. The number of aryl methyl sites for hydroxylation is 1. The van der Waals surface area contributed by atoms with Gasteiger partial charge in [0.1, 0.15) is 0 Å². The van der Waals surface area contributed by atoms with E-state index in [2.05, 4.69) is 5.10 Å². The van der Waals surface area contributed by atoms with E-state index in [4.69, 9.17) is 16.6 Å². The van der Waals surface area contributed by atoms with Gasteiger partial charge in [0.15, 0.2) is 0 Å². The third kappa shape index (κ3) is 2.66. The molecule has 26 heavy (non-hydrogen) atoms. The first-order chi connectivity index (χ1) is 12.5. The lowest BCUT2D eigenvalue weighted by Gasteiger charge is -2.54. The van der Waals surface area contributed by atoms with Crippen molar-refractivity contribution in [2.45, 2.75) is 51.0 Å². The fourth-order valence-electron chi connectivity index (χ4n) is 5.93. The van der Waals surface area contributed by atoms with Gasteiger partial charge < -0.3 is 0 Å². The van der Waals surface area contributed by atoms with Gasteiger partial charge in [-0.1, -0.05) is 17.7 Å². The number of aromatic nitrogens is 2. The Hall–Kier alpha value is -1.81. The van der Waals surface area contributed by atoms with Crippen LogP contribution in [0.5, 0.6) is 0 Å². The second kappa shape index (κ2) is 5.85. The van der Waals surface area contributed by atoms with Gasteiger partial charge in [-0.25, -0.2) is 4.68 Å². The predicted octanol–water partition coefficient (Wildman–Crippen LogP) is 4.52. The summed E-state index contributed by atoms with van der Waals surface area (Å²) >= 11 is 6.08. The number of aliphatic imine (C=N–C) groups is 1. The minimum absolute atomic E-state index is 0.0572. The standard InChI is InChI=1S/C21H24ClN3O/c1-13-19(20(26)25(24-13)18-4-2-3-17(22)8-18)12-23-21-9-14-5-15(10-21)7-16(6-14)11-21/h2-4,8,12,14-16,24H,5-7,9-11H2,1H3. The maximum Gasteiger partial charge on any atom is 0.280 e. The largest absolute Gasteiger partial charge is 0.295 e. The average molecular weight is 370 g/mol. The predicted molar refractivity (Wildman–Crippen MR) is 105 cm³/mol. The van der Waals surface area contributed by atoms with E-state index < -0.39 is 0 Å². The van der Waals surface area contributed by atoms with Crippen LogP contribution in [-0.4, -0.2) is 21.5 Å². The lowest BCUT2D eigenvalue weighted by Crippen LogP contribution is -2.49. The number of rotatable bonds is 3. The van der Waals surface area contributed by atoms with E-state index in [0.717, 1.165) is 29.1 Å². The summed E-state index contributed by atoms with van der Waals surface area (Å²) in [5, 5.41) is 3.79. The highest BCUT2D eigenvalue weighted by Gasteiger charge is 2.50. The van der Waals surface area contributed by atoms with E-state index in [9.17, 15) is 4.79 Å². The summed E-state index contributed by atoms with van der Waals surface area (Å²) in [5.41, 5.74) is 2.30. The van der Waals surface area contributed by atoms with E-state index in [1.54, 1.807) is 16.8 Å². The van der Waals surface area contributed by atoms with Gasteiger partial charge in [0.2, 0.25) is 0 Å². The summed E-state index contributed by atoms with van der Waals surface area (Å²) in [4.78, 5) is 18.0. The van der Waals surface area contributed by atoms with Crippen molar-refractivity contribution >= 4 is 17.8 Å². The van der Waals surface area contributed by atoms with Crippen molar-refractivity contribution in [1.82, 2.24) is 9.78 Å². The molecule has 1 N–H and O–H groups in total. The van der Waals surface area contributed by atoms with Gasteiger partial charge in [-0.2, -0.15) is 0 Å². The summed E-state index contributed by atoms with van der Waals surface area (Å²) in [7, 11) is 0. The van der Waals surface area contributed by atoms with Crippen LogP contribution in [0.3, 0.4) is 0 Å². The number of nitrogens with one attached hydrogen (secondary N) is 1. The first-order valence-electron chi connectivity index (χ1n) is 9.64. The molecule has 4 aliphatic rings. The SMILES string of the molecule is Cc1[nH]n(-c2cccc(Cl)c2)c(=O)c1C=NC12CC3CC(CC(C3)C1)C2. The monoisotopic (exact) mass is 369 g/mol. The molecular formula is C21H24ClN3O. The van der Waals surface area contributed by atoms with Crippen molar-refractivity contribution in [3.05, 3.63) is 50.9 Å². The quantitative estimate of drug-likeness (QED) is 0.795. The maximum absolute atomic E-state index is 12.9. The molecule has 0 aliphatic heterocycles. The van der Waals surface area contributed by atoms with Crippen molar-refractivity contribution < 1.29 is 0 Å². The Morgan fingerprint density at radius 2 is 1.85 bits per heavy atom. The van der Waals surface area contributed by atoms with Crippen LogP contribution in [0.2, 0.25) is 5.02 Å². The molecule has 0 saturated heterocycles. The average Bonchev–Trinajstić information content (AvgIpc) is 2.86. The fourth-order valence-corrected chi connectivity index (χ4v) is 6.12. The number of nitrogens with zero attached hydrogens (tertiary/aromatic N) is 2. The first-order valence-corrected chi connectivity index (χ1v) is 10.0. The lowest BCUT2D eigenvalue weighted by molar-refractivity contribution is 0.00194. The molecule has 4 fully saturated rings. The van der Waals surface area contributed by atoms with Gasteiger partial charge in [-0.05, 0) is 81.4 Å². The van der Waals surface area contributed by atoms with Gasteiger partial charge in [0.05, 0.1) is 16.8 Å². The Bertz CT molecular complexity index is 904. The molecule has 2 aromatic rings. The van der Waals surface area contributed by atoms with Crippen molar-refractivity contribution in [3.8, 4) is 5.69 Å². The zero-order chi connectivity index (χ0) is 17.9. The summed E-state index contributed by atoms with van der Waals surface area (Å²) in [5.74, 6) is 2.57. The van der Waals surface area contributed by atoms with E-state index in [-0.39, 0.29) is 11.1 Å². The molecule has 6 rings (SSSR count). The van der Waals surface area contributed by atoms with Crippen molar-refractivity contribution in [2.24, 2.45) is 22.7 Å². The van der Waals surface area contributed by atoms with E-state index in [0.29, 0.717) is 10.6 Å². The molecule has 1 aromatic carbocycles. The molecule has 0 spiro atoms. The van der Waals surface area contributed by atoms with Crippen LogP contribution < -0.4 is 5.56 Å². The van der Waals surface area contributed by atoms with Crippen molar-refractivity contribution in [1.29, 1.82) is 0 Å². The van der Waals surface area contributed by atoms with Crippen LogP contribution in [0.15, 0.2) is 34.1 Å². The minimum Gasteiger partial charge on any atom is -0.295 e. The molecule has 1 heterocycles. The van der Waals surface area contributed by atoms with Crippen LogP contribution >= 0.6 is 11.6 Å². The summed E-state index contributed by atoms with van der Waals surface area (Å²) in [6, 6.07) is 7.33. The van der Waals surface area contributed by atoms with Gasteiger partial charge in [0, 0.05) is 16.9 Å². The highest BCUT2D eigenvalue weighted by atomic mass is 35.5. The summed E-state index contributed by atoms with van der Waals surface area (Å²) < 4.78 is 1.56. The summed E-state index contributed by atoms with van der Waals surface area (Å²) in [6.07, 6.45) is 9.69. The molecule has 5 heteroatoms. The third-order valence-corrected chi connectivity index (χ3v) is 6.89. The molecular weight excluding hydrogens is 346 g/mol. The van der Waals surface area contributed by atoms with Crippen LogP contribution in [0.25, 0.3) is 5.69 Å². The molecule has 0 unspecified atom stereocenters. The normalized spacial score (nSPS) is 32.6. The summed E-state index contributed by atoms with van der Waals surface area (Å²) in [6.45, 7) is 1.93. The Morgan fingerprint density at radius 1 is 1.19 bits per heavy atom. The maximum atomic E-state index is 12.9. The van der Waals surface area contributed by atoms with Crippen molar-refractivity contribution in [3.63, 3.8) is 0 Å². The molecule has 4 nitrogen and oxygen atoms in total. The van der Waals surface area contributed by atoms with Crippen molar-refractivity contribution in [2.75, 3.05) is 0 Å². The van der Waals surface area contributed by atoms with Gasteiger partial charge in [-0.3, -0.25) is 14.9 Å². The zero-order valence-corrected chi connectivity index (χ0v) is 15.8. The Labute approximate surface area is 158 Å². The van der Waals surface area contributed by atoms with Crippen LogP contribution in [0, 0.1) is 24.7 Å². The number of hydrogen-bond acceptors (Lipinski definition) is 2. The highest BCUT2D eigenvalue weighted by Crippen LogP contribution is 2.57. The highest BCUT2D eigenvalue weighted by molar-refractivity contribution is 6.30. The van der Waals surface area contributed by atoms with E-state index >= 15 is 0 Å². The van der Waals surface area contributed by atoms with Gasteiger partial charge >= 0.3 is 0 Å². The molecule has 0 radical (unpaired) electrons. The van der Waals surface area contributed by atoms with Crippen LogP contribution in [0.4, 0.5) is 0 Å². The topological polar surface area (TPSA) is 50.1 Å². The van der Waals surface area contributed by atoms with E-state index in [1.165, 1.54) is 38.5 Å². The number of halogens is 1. The van der Waals surface area contributed by atoms with Gasteiger partial charge in [-0.15, -0.1) is 0 Å². The second-order valence-electron chi connectivity index (χ2n) is 8.67. The first kappa shape index (κ1) is 16.4. The molecule has 0 atom stereocenters. The molecule has 4 bridgehead atoms.